The fourth-order valence-electron chi connectivity index (χ4n) is 1.17. The maximum atomic E-state index is 11.3. The summed E-state index contributed by atoms with van der Waals surface area (Å²) in [5.74, 6) is -4.87. The first-order valence-electron chi connectivity index (χ1n) is 5.56. The van der Waals surface area contributed by atoms with Crippen molar-refractivity contribution in [2.45, 2.75) is 18.4 Å². The topological polar surface area (TPSA) is 127 Å². The second-order valence-corrected chi connectivity index (χ2v) is 5.28. The van der Waals surface area contributed by atoms with Crippen LogP contribution in [-0.4, -0.2) is 67.4 Å². The molecule has 0 spiro atoms. The van der Waals surface area contributed by atoms with E-state index in [-0.39, 0.29) is 6.61 Å². The second-order valence-electron chi connectivity index (χ2n) is 5.28. The van der Waals surface area contributed by atoms with Crippen molar-refractivity contribution in [3.05, 3.63) is 0 Å². The van der Waals surface area contributed by atoms with Crippen LogP contribution in [0.1, 0.15) is 12.8 Å². The van der Waals surface area contributed by atoms with E-state index in [1.165, 1.54) is 0 Å². The third-order valence-corrected chi connectivity index (χ3v) is 2.28. The zero-order valence-electron chi connectivity index (χ0n) is 11.2. The molecule has 0 aromatic carbocycles. The number of aliphatic hydroxyl groups is 1. The van der Waals surface area contributed by atoms with Gasteiger partial charge in [0, 0.05) is 12.4 Å². The van der Waals surface area contributed by atoms with Crippen LogP contribution in [0.15, 0.2) is 0 Å². The molecule has 1 unspecified atom stereocenters. The Morgan fingerprint density at radius 3 is 2.05 bits per heavy atom. The average Bonchev–Trinajstić information content (AvgIpc) is 2.12. The van der Waals surface area contributed by atoms with E-state index in [9.17, 15) is 29.7 Å². The number of hydrogen-bond donors (Lipinski definition) is 1. The summed E-state index contributed by atoms with van der Waals surface area (Å²) < 4.78 is 5.25. The molecule has 0 aromatic heterocycles. The van der Waals surface area contributed by atoms with Crippen LogP contribution in [0.3, 0.4) is 0 Å². The molecule has 8 heteroatoms. The first-order valence-corrected chi connectivity index (χ1v) is 5.56. The number of carbonyl (C=O) groups is 3. The van der Waals surface area contributed by atoms with Gasteiger partial charge < -0.3 is 34.1 Å². The van der Waals surface area contributed by atoms with E-state index in [2.05, 4.69) is 0 Å². The van der Waals surface area contributed by atoms with Crippen molar-refractivity contribution < 1.29 is 38.9 Å². The van der Waals surface area contributed by atoms with Crippen LogP contribution in [0.5, 0.6) is 0 Å². The molecular formula is C11H18NO7-. The fraction of sp³-hybridized carbons (Fsp3) is 0.727. The van der Waals surface area contributed by atoms with Crippen LogP contribution < -0.4 is 10.2 Å². The van der Waals surface area contributed by atoms with E-state index in [0.717, 1.165) is 0 Å². The number of likely N-dealkylation sites (N-methyl/N-ethyl adjacent to an activating group) is 1. The van der Waals surface area contributed by atoms with E-state index in [1.54, 1.807) is 0 Å². The lowest BCUT2D eigenvalue weighted by atomic mass is 9.96. The highest BCUT2D eigenvalue weighted by Gasteiger charge is 2.33. The highest BCUT2D eigenvalue weighted by Crippen LogP contribution is 2.15. The molecule has 0 fully saturated rings. The van der Waals surface area contributed by atoms with Gasteiger partial charge in [-0.05, 0) is 0 Å². The number of carboxylic acids is 2. The van der Waals surface area contributed by atoms with Crippen molar-refractivity contribution in [3.63, 3.8) is 0 Å². The Morgan fingerprint density at radius 2 is 1.68 bits per heavy atom. The van der Waals surface area contributed by atoms with Crippen molar-refractivity contribution in [1.29, 1.82) is 0 Å². The van der Waals surface area contributed by atoms with Crippen molar-refractivity contribution >= 4 is 17.9 Å². The molecule has 0 amide bonds. The SMILES string of the molecule is C[N+](C)(C)CCOC(=O)CC(O)(CC(=O)[O-])C(=O)[O-]. The van der Waals surface area contributed by atoms with E-state index in [4.69, 9.17) is 4.74 Å². The van der Waals surface area contributed by atoms with Gasteiger partial charge in [-0.1, -0.05) is 0 Å². The molecule has 1 N–H and O–H groups in total. The van der Waals surface area contributed by atoms with Crippen LogP contribution in [0.25, 0.3) is 0 Å². The molecule has 19 heavy (non-hydrogen) atoms. The van der Waals surface area contributed by atoms with E-state index in [0.29, 0.717) is 11.0 Å². The molecular weight excluding hydrogens is 258 g/mol. The quantitative estimate of drug-likeness (QED) is 0.356. The predicted octanol–water partition coefficient (Wildman–Crippen LogP) is -3.75. The summed E-state index contributed by atoms with van der Waals surface area (Å²) in [6.45, 7) is 0.507. The Labute approximate surface area is 110 Å². The third kappa shape index (κ3) is 7.37. The number of rotatable bonds is 8. The van der Waals surface area contributed by atoms with Gasteiger partial charge >= 0.3 is 5.97 Å². The summed E-state index contributed by atoms with van der Waals surface area (Å²) in [6.07, 6.45) is -2.24. The van der Waals surface area contributed by atoms with Gasteiger partial charge in [0.15, 0.2) is 0 Å². The highest BCUT2D eigenvalue weighted by atomic mass is 16.5. The van der Waals surface area contributed by atoms with E-state index in [1.807, 2.05) is 21.1 Å². The maximum absolute atomic E-state index is 11.3. The van der Waals surface area contributed by atoms with Crippen molar-refractivity contribution in [2.24, 2.45) is 0 Å². The third-order valence-electron chi connectivity index (χ3n) is 2.28. The smallest absolute Gasteiger partial charge is 0.309 e. The largest absolute Gasteiger partial charge is 0.550 e. The number of esters is 1. The number of carboxylic acid groups (broad SMARTS) is 2. The Kier molecular flexibility index (Phi) is 5.91. The van der Waals surface area contributed by atoms with Gasteiger partial charge in [0.25, 0.3) is 0 Å². The molecule has 0 saturated heterocycles. The van der Waals surface area contributed by atoms with Gasteiger partial charge in [0.2, 0.25) is 0 Å². The molecule has 0 saturated carbocycles. The van der Waals surface area contributed by atoms with E-state index >= 15 is 0 Å². The molecule has 0 aliphatic carbocycles. The molecule has 0 aliphatic heterocycles. The first kappa shape index (κ1) is 17.3. The number of quaternary nitrogens is 1. The Morgan fingerprint density at radius 1 is 1.16 bits per heavy atom. The van der Waals surface area contributed by atoms with Crippen LogP contribution in [0, 0.1) is 0 Å². The average molecular weight is 276 g/mol. The molecule has 1 atom stereocenters. The van der Waals surface area contributed by atoms with Crippen molar-refractivity contribution in [2.75, 3.05) is 34.3 Å². The van der Waals surface area contributed by atoms with Gasteiger partial charge in [-0.15, -0.1) is 0 Å². The van der Waals surface area contributed by atoms with Crippen molar-refractivity contribution in [1.82, 2.24) is 0 Å². The minimum absolute atomic E-state index is 0.0246. The minimum atomic E-state index is -2.81. The van der Waals surface area contributed by atoms with Gasteiger partial charge in [-0.2, -0.15) is 0 Å². The number of aliphatic carboxylic acids is 2. The Balaban J connectivity index is 4.41. The second kappa shape index (κ2) is 6.48. The van der Waals surface area contributed by atoms with Gasteiger partial charge in [0.1, 0.15) is 18.8 Å². The lowest BCUT2D eigenvalue weighted by Crippen LogP contribution is -2.53. The number of hydrogen-bond acceptors (Lipinski definition) is 7. The predicted molar refractivity (Wildman–Crippen MR) is 58.1 cm³/mol. The number of ether oxygens (including phenoxy) is 1. The number of nitrogens with zero attached hydrogens (tertiary/aromatic N) is 1. The van der Waals surface area contributed by atoms with Gasteiger partial charge in [-0.3, -0.25) is 4.79 Å². The van der Waals surface area contributed by atoms with Crippen LogP contribution >= 0.6 is 0 Å². The number of carbonyl (C=O) groups excluding carboxylic acids is 3. The summed E-state index contributed by atoms with van der Waals surface area (Å²) in [5.41, 5.74) is -2.81. The van der Waals surface area contributed by atoms with Crippen LogP contribution in [0.2, 0.25) is 0 Å². The first-order chi connectivity index (χ1) is 8.46. The molecule has 0 heterocycles. The zero-order chi connectivity index (χ0) is 15.3. The normalized spacial score (nSPS) is 14.5. The fourth-order valence-corrected chi connectivity index (χ4v) is 1.17. The molecule has 0 aliphatic rings. The van der Waals surface area contributed by atoms with Gasteiger partial charge in [-0.25, -0.2) is 0 Å². The zero-order valence-corrected chi connectivity index (χ0v) is 11.2. The lowest BCUT2D eigenvalue weighted by molar-refractivity contribution is -0.870. The summed E-state index contributed by atoms with van der Waals surface area (Å²) in [7, 11) is 5.59. The summed E-state index contributed by atoms with van der Waals surface area (Å²) in [4.78, 5) is 32.3. The molecule has 0 rings (SSSR count). The van der Waals surface area contributed by atoms with Crippen LogP contribution in [0.4, 0.5) is 0 Å². The van der Waals surface area contributed by atoms with Gasteiger partial charge in [0.05, 0.1) is 33.5 Å². The Bertz CT molecular complexity index is 361. The molecule has 0 bridgehead atoms. The summed E-state index contributed by atoms with van der Waals surface area (Å²) in [5, 5.41) is 30.5. The molecule has 0 aromatic rings. The van der Waals surface area contributed by atoms with E-state index < -0.39 is 36.4 Å². The minimum Gasteiger partial charge on any atom is -0.550 e. The summed E-state index contributed by atoms with van der Waals surface area (Å²) >= 11 is 0. The summed E-state index contributed by atoms with van der Waals surface area (Å²) in [6, 6.07) is 0. The molecule has 8 nitrogen and oxygen atoms in total. The standard InChI is InChI=1S/C11H19NO7/c1-12(2,3)4-5-19-9(15)7-11(18,10(16)17)6-8(13)14/h18H,4-7H2,1-3H3,(H-,13,14,16,17)/p-1. The molecule has 0 radical (unpaired) electrons. The molecule has 110 valence electrons. The van der Waals surface area contributed by atoms with Crippen LogP contribution in [-0.2, 0) is 19.1 Å². The highest BCUT2D eigenvalue weighted by molar-refractivity contribution is 5.87. The monoisotopic (exact) mass is 276 g/mol. The lowest BCUT2D eigenvalue weighted by Gasteiger charge is -2.29. The maximum Gasteiger partial charge on any atom is 0.309 e. The Hall–Kier alpha value is -1.67. The van der Waals surface area contributed by atoms with Crippen molar-refractivity contribution in [3.8, 4) is 0 Å².